The van der Waals surface area contributed by atoms with Crippen LogP contribution in [0.25, 0.3) is 0 Å². The molecule has 1 N–H and O–H groups in total. The molecule has 0 bridgehead atoms. The van der Waals surface area contributed by atoms with Crippen LogP contribution in [-0.2, 0) is 0 Å². The van der Waals surface area contributed by atoms with E-state index in [0.717, 1.165) is 21.6 Å². The highest BCUT2D eigenvalue weighted by molar-refractivity contribution is 9.10. The SMILES string of the molecule is CCOc1cccc(Nc2cncc(Br)c2)c1. The second-order valence-corrected chi connectivity index (χ2v) is 4.39. The van der Waals surface area contributed by atoms with Crippen LogP contribution in [-0.4, -0.2) is 11.6 Å². The zero-order valence-electron chi connectivity index (χ0n) is 9.48. The van der Waals surface area contributed by atoms with Crippen molar-refractivity contribution in [3.05, 3.63) is 47.2 Å². The first kappa shape index (κ1) is 11.9. The number of rotatable bonds is 4. The van der Waals surface area contributed by atoms with E-state index in [1.54, 1.807) is 12.4 Å². The maximum Gasteiger partial charge on any atom is 0.121 e. The molecule has 17 heavy (non-hydrogen) atoms. The van der Waals surface area contributed by atoms with Crippen molar-refractivity contribution in [1.82, 2.24) is 4.98 Å². The molecule has 0 saturated carbocycles. The lowest BCUT2D eigenvalue weighted by Gasteiger charge is -2.08. The molecule has 0 amide bonds. The Labute approximate surface area is 109 Å². The van der Waals surface area contributed by atoms with E-state index < -0.39 is 0 Å². The average molecular weight is 293 g/mol. The number of halogens is 1. The topological polar surface area (TPSA) is 34.1 Å². The maximum atomic E-state index is 5.44. The minimum Gasteiger partial charge on any atom is -0.494 e. The lowest BCUT2D eigenvalue weighted by molar-refractivity contribution is 0.340. The van der Waals surface area contributed by atoms with Gasteiger partial charge in [0.15, 0.2) is 0 Å². The summed E-state index contributed by atoms with van der Waals surface area (Å²) in [6.45, 7) is 2.64. The Hall–Kier alpha value is -1.55. The highest BCUT2D eigenvalue weighted by Crippen LogP contribution is 2.22. The van der Waals surface area contributed by atoms with Gasteiger partial charge in [-0.2, -0.15) is 0 Å². The minimum absolute atomic E-state index is 0.669. The Morgan fingerprint density at radius 3 is 2.88 bits per heavy atom. The molecule has 2 rings (SSSR count). The Balaban J connectivity index is 2.15. The van der Waals surface area contributed by atoms with Gasteiger partial charge in [0.2, 0.25) is 0 Å². The number of nitrogens with one attached hydrogen (secondary N) is 1. The summed E-state index contributed by atoms with van der Waals surface area (Å²) < 4.78 is 6.39. The Bertz CT molecular complexity index is 502. The Morgan fingerprint density at radius 2 is 2.12 bits per heavy atom. The number of pyridine rings is 1. The summed E-state index contributed by atoms with van der Waals surface area (Å²) in [5.41, 5.74) is 1.92. The third-order valence-corrected chi connectivity index (χ3v) is 2.57. The monoisotopic (exact) mass is 292 g/mol. The molecular weight excluding hydrogens is 280 g/mol. The summed E-state index contributed by atoms with van der Waals surface area (Å²) in [6, 6.07) is 9.82. The number of hydrogen-bond donors (Lipinski definition) is 1. The fourth-order valence-electron chi connectivity index (χ4n) is 1.48. The molecule has 0 aliphatic carbocycles. The van der Waals surface area contributed by atoms with Crippen LogP contribution in [0.2, 0.25) is 0 Å². The zero-order valence-corrected chi connectivity index (χ0v) is 11.1. The van der Waals surface area contributed by atoms with Crippen molar-refractivity contribution >= 4 is 27.3 Å². The zero-order chi connectivity index (χ0) is 12.1. The van der Waals surface area contributed by atoms with Gasteiger partial charge in [0, 0.05) is 22.4 Å². The van der Waals surface area contributed by atoms with Crippen molar-refractivity contribution < 1.29 is 4.74 Å². The van der Waals surface area contributed by atoms with Gasteiger partial charge in [-0.05, 0) is 41.1 Å². The molecular formula is C13H13BrN2O. The molecule has 0 aliphatic heterocycles. The fourth-order valence-corrected chi connectivity index (χ4v) is 1.84. The summed E-state index contributed by atoms with van der Waals surface area (Å²) >= 11 is 3.39. The van der Waals surface area contributed by atoms with Crippen LogP contribution in [0.5, 0.6) is 5.75 Å². The van der Waals surface area contributed by atoms with E-state index in [2.05, 4.69) is 26.2 Å². The first-order chi connectivity index (χ1) is 8.28. The van der Waals surface area contributed by atoms with Crippen molar-refractivity contribution in [3.8, 4) is 5.75 Å². The van der Waals surface area contributed by atoms with Gasteiger partial charge in [0.1, 0.15) is 5.75 Å². The molecule has 2 aromatic rings. The molecule has 0 saturated heterocycles. The van der Waals surface area contributed by atoms with Crippen LogP contribution < -0.4 is 10.1 Å². The molecule has 3 nitrogen and oxygen atoms in total. The lowest BCUT2D eigenvalue weighted by atomic mass is 10.3. The van der Waals surface area contributed by atoms with Crippen molar-refractivity contribution in [2.45, 2.75) is 6.92 Å². The van der Waals surface area contributed by atoms with Crippen molar-refractivity contribution in [1.29, 1.82) is 0 Å². The molecule has 0 radical (unpaired) electrons. The fraction of sp³-hybridized carbons (Fsp3) is 0.154. The summed E-state index contributed by atoms with van der Waals surface area (Å²) in [7, 11) is 0. The van der Waals surface area contributed by atoms with E-state index in [0.29, 0.717) is 6.61 Å². The van der Waals surface area contributed by atoms with Crippen LogP contribution in [0.3, 0.4) is 0 Å². The van der Waals surface area contributed by atoms with Gasteiger partial charge in [-0.15, -0.1) is 0 Å². The second-order valence-electron chi connectivity index (χ2n) is 3.48. The standard InChI is InChI=1S/C13H13BrN2O/c1-2-17-13-5-3-4-11(7-13)16-12-6-10(14)8-15-9-12/h3-9,16H,2H2,1H3. The molecule has 0 atom stereocenters. The molecule has 0 aliphatic rings. The minimum atomic E-state index is 0.669. The predicted octanol–water partition coefficient (Wildman–Crippen LogP) is 3.99. The van der Waals surface area contributed by atoms with Gasteiger partial charge in [-0.3, -0.25) is 4.98 Å². The molecule has 4 heteroatoms. The molecule has 1 aromatic heterocycles. The van der Waals surface area contributed by atoms with E-state index in [1.807, 2.05) is 37.3 Å². The number of aromatic nitrogens is 1. The molecule has 1 heterocycles. The van der Waals surface area contributed by atoms with Crippen LogP contribution in [0.1, 0.15) is 6.92 Å². The number of nitrogens with zero attached hydrogens (tertiary/aromatic N) is 1. The summed E-state index contributed by atoms with van der Waals surface area (Å²) in [4.78, 5) is 4.10. The number of ether oxygens (including phenoxy) is 1. The largest absolute Gasteiger partial charge is 0.494 e. The third-order valence-electron chi connectivity index (χ3n) is 2.14. The molecule has 0 unspecified atom stereocenters. The molecule has 0 fully saturated rings. The maximum absolute atomic E-state index is 5.44. The third kappa shape index (κ3) is 3.46. The highest BCUT2D eigenvalue weighted by atomic mass is 79.9. The summed E-state index contributed by atoms with van der Waals surface area (Å²) in [6.07, 6.45) is 3.53. The molecule has 88 valence electrons. The molecule has 1 aromatic carbocycles. The second kappa shape index (κ2) is 5.68. The normalized spacial score (nSPS) is 10.0. The van der Waals surface area contributed by atoms with E-state index in [-0.39, 0.29) is 0 Å². The van der Waals surface area contributed by atoms with Gasteiger partial charge in [0.05, 0.1) is 18.5 Å². The number of benzene rings is 1. The number of anilines is 2. The van der Waals surface area contributed by atoms with Crippen molar-refractivity contribution in [2.75, 3.05) is 11.9 Å². The van der Waals surface area contributed by atoms with Crippen LogP contribution >= 0.6 is 15.9 Å². The van der Waals surface area contributed by atoms with E-state index in [9.17, 15) is 0 Å². The van der Waals surface area contributed by atoms with Gasteiger partial charge < -0.3 is 10.1 Å². The van der Waals surface area contributed by atoms with Crippen LogP contribution in [0.4, 0.5) is 11.4 Å². The average Bonchev–Trinajstić information content (AvgIpc) is 2.30. The van der Waals surface area contributed by atoms with Gasteiger partial charge >= 0.3 is 0 Å². The van der Waals surface area contributed by atoms with Gasteiger partial charge in [-0.25, -0.2) is 0 Å². The van der Waals surface area contributed by atoms with E-state index >= 15 is 0 Å². The first-order valence-corrected chi connectivity index (χ1v) is 6.17. The van der Waals surface area contributed by atoms with E-state index in [4.69, 9.17) is 4.74 Å². The van der Waals surface area contributed by atoms with Crippen LogP contribution in [0.15, 0.2) is 47.2 Å². The highest BCUT2D eigenvalue weighted by Gasteiger charge is 1.98. The van der Waals surface area contributed by atoms with Crippen molar-refractivity contribution in [3.63, 3.8) is 0 Å². The lowest BCUT2D eigenvalue weighted by Crippen LogP contribution is -1.94. The Morgan fingerprint density at radius 1 is 1.24 bits per heavy atom. The van der Waals surface area contributed by atoms with Crippen LogP contribution in [0, 0.1) is 0 Å². The Kier molecular flexibility index (Phi) is 3.98. The predicted molar refractivity (Wildman–Crippen MR) is 72.8 cm³/mol. The van der Waals surface area contributed by atoms with Gasteiger partial charge in [0.25, 0.3) is 0 Å². The molecule has 0 spiro atoms. The van der Waals surface area contributed by atoms with Crippen molar-refractivity contribution in [2.24, 2.45) is 0 Å². The smallest absolute Gasteiger partial charge is 0.121 e. The summed E-state index contributed by atoms with van der Waals surface area (Å²) in [5, 5.41) is 3.27. The number of hydrogen-bond acceptors (Lipinski definition) is 3. The first-order valence-electron chi connectivity index (χ1n) is 5.38. The quantitative estimate of drug-likeness (QED) is 0.925. The van der Waals surface area contributed by atoms with Gasteiger partial charge in [-0.1, -0.05) is 6.07 Å². The van der Waals surface area contributed by atoms with E-state index in [1.165, 1.54) is 0 Å². The summed E-state index contributed by atoms with van der Waals surface area (Å²) in [5.74, 6) is 0.862.